The first-order chi connectivity index (χ1) is 7.19. The number of benzene rings is 1. The maximum absolute atomic E-state index is 10.1. The third kappa shape index (κ3) is 1.49. The van der Waals surface area contributed by atoms with E-state index in [-0.39, 0.29) is 11.7 Å². The summed E-state index contributed by atoms with van der Waals surface area (Å²) in [4.78, 5) is 0. The molecule has 1 fully saturated rings. The zero-order chi connectivity index (χ0) is 10.5. The lowest BCUT2D eigenvalue weighted by molar-refractivity contribution is -0.0663. The van der Waals surface area contributed by atoms with Crippen molar-refractivity contribution >= 4 is 15.9 Å². The highest BCUT2D eigenvalue weighted by Crippen LogP contribution is 2.49. The van der Waals surface area contributed by atoms with Gasteiger partial charge in [0, 0.05) is 16.5 Å². The fraction of sp³-hybridized carbons (Fsp3) is 0.500. The second kappa shape index (κ2) is 3.22. The molecule has 80 valence electrons. The van der Waals surface area contributed by atoms with Crippen molar-refractivity contribution in [1.29, 1.82) is 0 Å². The normalized spacial score (nSPS) is 26.7. The maximum Gasteiger partial charge on any atom is 0.126 e. The molecule has 0 aromatic heterocycles. The number of ether oxygens (including phenoxy) is 1. The van der Waals surface area contributed by atoms with Crippen molar-refractivity contribution in [3.8, 4) is 5.75 Å². The van der Waals surface area contributed by atoms with Crippen LogP contribution in [-0.2, 0) is 0 Å². The number of fused-ring (bicyclic) bond motifs is 1. The maximum atomic E-state index is 10.1. The van der Waals surface area contributed by atoms with E-state index in [0.717, 1.165) is 35.0 Å². The number of aliphatic hydroxyl groups is 1. The Hall–Kier alpha value is -0.540. The van der Waals surface area contributed by atoms with Crippen LogP contribution in [0.25, 0.3) is 0 Å². The molecule has 1 N–H and O–H groups in total. The van der Waals surface area contributed by atoms with Gasteiger partial charge in [0.15, 0.2) is 0 Å². The first kappa shape index (κ1) is 9.67. The fourth-order valence-electron chi connectivity index (χ4n) is 2.49. The first-order valence-electron chi connectivity index (χ1n) is 5.35. The molecule has 15 heavy (non-hydrogen) atoms. The van der Waals surface area contributed by atoms with Crippen molar-refractivity contribution in [2.24, 2.45) is 0 Å². The third-order valence-corrected chi connectivity index (χ3v) is 3.98. The monoisotopic (exact) mass is 268 g/mol. The van der Waals surface area contributed by atoms with Crippen LogP contribution in [0.1, 0.15) is 37.4 Å². The highest BCUT2D eigenvalue weighted by Gasteiger charge is 2.45. The van der Waals surface area contributed by atoms with Gasteiger partial charge in [-0.3, -0.25) is 0 Å². The van der Waals surface area contributed by atoms with Crippen LogP contribution in [0.3, 0.4) is 0 Å². The van der Waals surface area contributed by atoms with Crippen LogP contribution in [0, 0.1) is 0 Å². The zero-order valence-electron chi connectivity index (χ0n) is 8.37. The lowest BCUT2D eigenvalue weighted by atomic mass is 9.73. The molecule has 1 spiro atoms. The zero-order valence-corrected chi connectivity index (χ0v) is 9.96. The molecule has 2 aliphatic rings. The number of halogens is 1. The minimum absolute atomic E-state index is 0.0553. The molecule has 0 saturated heterocycles. The highest BCUT2D eigenvalue weighted by atomic mass is 79.9. The molecule has 1 aromatic rings. The second-order valence-corrected chi connectivity index (χ2v) is 5.46. The van der Waals surface area contributed by atoms with E-state index in [0.29, 0.717) is 0 Å². The Labute approximate surface area is 97.4 Å². The molecule has 1 unspecified atom stereocenters. The van der Waals surface area contributed by atoms with E-state index in [1.54, 1.807) is 0 Å². The molecule has 1 aliphatic heterocycles. The molecule has 2 nitrogen and oxygen atoms in total. The molecule has 0 radical (unpaired) electrons. The number of aliphatic hydroxyl groups excluding tert-OH is 1. The van der Waals surface area contributed by atoms with Crippen LogP contribution in [0.4, 0.5) is 0 Å². The van der Waals surface area contributed by atoms with E-state index in [9.17, 15) is 5.11 Å². The summed E-state index contributed by atoms with van der Waals surface area (Å²) in [6.45, 7) is 0. The van der Waals surface area contributed by atoms with E-state index in [2.05, 4.69) is 15.9 Å². The summed E-state index contributed by atoms with van der Waals surface area (Å²) in [5.74, 6) is 0.858. The SMILES string of the molecule is OC1CC2(CCC2)Oc2ccc(Br)cc21. The Morgan fingerprint density at radius 1 is 1.40 bits per heavy atom. The van der Waals surface area contributed by atoms with E-state index in [1.807, 2.05) is 18.2 Å². The fourth-order valence-corrected chi connectivity index (χ4v) is 2.87. The van der Waals surface area contributed by atoms with Crippen molar-refractivity contribution in [2.75, 3.05) is 0 Å². The summed E-state index contributed by atoms with van der Waals surface area (Å²) in [6.07, 6.45) is 3.76. The topological polar surface area (TPSA) is 29.5 Å². The predicted molar refractivity (Wildman–Crippen MR) is 60.9 cm³/mol. The van der Waals surface area contributed by atoms with Gasteiger partial charge >= 0.3 is 0 Å². The molecule has 1 aliphatic carbocycles. The van der Waals surface area contributed by atoms with Gasteiger partial charge in [0.25, 0.3) is 0 Å². The van der Waals surface area contributed by atoms with Crippen LogP contribution in [-0.4, -0.2) is 10.7 Å². The largest absolute Gasteiger partial charge is 0.487 e. The van der Waals surface area contributed by atoms with E-state index in [1.165, 1.54) is 6.42 Å². The average Bonchev–Trinajstić information content (AvgIpc) is 2.16. The van der Waals surface area contributed by atoms with Crippen molar-refractivity contribution in [2.45, 2.75) is 37.4 Å². The van der Waals surface area contributed by atoms with Crippen LogP contribution in [0.2, 0.25) is 0 Å². The van der Waals surface area contributed by atoms with E-state index >= 15 is 0 Å². The van der Waals surface area contributed by atoms with Gasteiger partial charge < -0.3 is 9.84 Å². The molecule has 1 atom stereocenters. The van der Waals surface area contributed by atoms with Crippen molar-refractivity contribution < 1.29 is 9.84 Å². The first-order valence-corrected chi connectivity index (χ1v) is 6.14. The molecular formula is C12H13BrO2. The van der Waals surface area contributed by atoms with Gasteiger partial charge in [0.1, 0.15) is 11.4 Å². The van der Waals surface area contributed by atoms with Gasteiger partial charge in [0.05, 0.1) is 6.10 Å². The number of hydrogen-bond donors (Lipinski definition) is 1. The number of hydrogen-bond acceptors (Lipinski definition) is 2. The standard InChI is InChI=1S/C12H13BrO2/c13-8-2-3-11-9(6-8)10(14)7-12(15-11)4-1-5-12/h2-3,6,10,14H,1,4-5,7H2. The Balaban J connectivity index is 2.01. The third-order valence-electron chi connectivity index (χ3n) is 3.49. The van der Waals surface area contributed by atoms with Gasteiger partial charge in [-0.05, 0) is 37.5 Å². The molecule has 3 rings (SSSR count). The molecule has 1 saturated carbocycles. The molecule has 1 aromatic carbocycles. The lowest BCUT2D eigenvalue weighted by Gasteiger charge is -2.46. The van der Waals surface area contributed by atoms with Gasteiger partial charge in [-0.1, -0.05) is 15.9 Å². The molecule has 0 bridgehead atoms. The summed E-state index contributed by atoms with van der Waals surface area (Å²) in [7, 11) is 0. The van der Waals surface area contributed by atoms with Crippen LogP contribution in [0.5, 0.6) is 5.75 Å². The minimum Gasteiger partial charge on any atom is -0.487 e. The van der Waals surface area contributed by atoms with Crippen molar-refractivity contribution in [3.05, 3.63) is 28.2 Å². The Morgan fingerprint density at radius 2 is 2.20 bits per heavy atom. The van der Waals surface area contributed by atoms with Crippen LogP contribution in [0.15, 0.2) is 22.7 Å². The quantitative estimate of drug-likeness (QED) is 0.783. The second-order valence-electron chi connectivity index (χ2n) is 4.54. The van der Waals surface area contributed by atoms with Crippen molar-refractivity contribution in [1.82, 2.24) is 0 Å². The predicted octanol–water partition coefficient (Wildman–Crippen LogP) is 3.19. The van der Waals surface area contributed by atoms with Crippen LogP contribution < -0.4 is 4.74 Å². The van der Waals surface area contributed by atoms with E-state index < -0.39 is 0 Å². The molecule has 1 heterocycles. The Morgan fingerprint density at radius 3 is 2.87 bits per heavy atom. The summed E-state index contributed by atoms with van der Waals surface area (Å²) >= 11 is 3.41. The molecular weight excluding hydrogens is 256 g/mol. The molecule has 3 heteroatoms. The lowest BCUT2D eigenvalue weighted by Crippen LogP contribution is -2.46. The summed E-state index contributed by atoms with van der Waals surface area (Å²) in [5.41, 5.74) is 0.863. The summed E-state index contributed by atoms with van der Waals surface area (Å²) in [6, 6.07) is 5.86. The average molecular weight is 269 g/mol. The number of rotatable bonds is 0. The van der Waals surface area contributed by atoms with E-state index in [4.69, 9.17) is 4.74 Å². The van der Waals surface area contributed by atoms with Gasteiger partial charge in [0.2, 0.25) is 0 Å². The van der Waals surface area contributed by atoms with Gasteiger partial charge in [-0.25, -0.2) is 0 Å². The van der Waals surface area contributed by atoms with Gasteiger partial charge in [-0.15, -0.1) is 0 Å². The smallest absolute Gasteiger partial charge is 0.126 e. The molecule has 0 amide bonds. The van der Waals surface area contributed by atoms with Gasteiger partial charge in [-0.2, -0.15) is 0 Å². The summed E-state index contributed by atoms with van der Waals surface area (Å²) < 4.78 is 6.99. The summed E-state index contributed by atoms with van der Waals surface area (Å²) in [5, 5.41) is 10.1. The van der Waals surface area contributed by atoms with Crippen molar-refractivity contribution in [3.63, 3.8) is 0 Å². The highest BCUT2D eigenvalue weighted by molar-refractivity contribution is 9.10. The van der Waals surface area contributed by atoms with Crippen LogP contribution >= 0.6 is 15.9 Å². The Kier molecular flexibility index (Phi) is 2.08. The Bertz CT molecular complexity index is 399. The minimum atomic E-state index is -0.369.